The Morgan fingerprint density at radius 3 is 2.48 bits per heavy atom. The smallest absolute Gasteiger partial charge is 0.295 e. The lowest BCUT2D eigenvalue weighted by molar-refractivity contribution is -0.115. The maximum Gasteiger partial charge on any atom is 0.295 e. The number of nitrogens with one attached hydrogen (secondary N) is 1. The highest BCUT2D eigenvalue weighted by molar-refractivity contribution is 5.92. The van der Waals surface area contributed by atoms with Crippen LogP contribution in [0.25, 0.3) is 5.69 Å². The van der Waals surface area contributed by atoms with E-state index >= 15 is 0 Å². The van der Waals surface area contributed by atoms with Crippen molar-refractivity contribution in [1.82, 2.24) is 9.36 Å². The summed E-state index contributed by atoms with van der Waals surface area (Å²) in [5, 5.41) is 2.78. The van der Waals surface area contributed by atoms with Gasteiger partial charge in [0.1, 0.15) is 11.4 Å². The first-order valence-corrected chi connectivity index (χ1v) is 8.69. The van der Waals surface area contributed by atoms with Crippen molar-refractivity contribution in [3.8, 4) is 11.4 Å². The molecule has 1 N–H and O–H groups in total. The van der Waals surface area contributed by atoms with E-state index in [9.17, 15) is 9.59 Å². The lowest BCUT2D eigenvalue weighted by Crippen LogP contribution is -2.23. The van der Waals surface area contributed by atoms with Gasteiger partial charge in [-0.15, -0.1) is 0 Å². The molecule has 1 heterocycles. The third kappa shape index (κ3) is 3.65. The molecule has 0 bridgehead atoms. The van der Waals surface area contributed by atoms with Gasteiger partial charge in [-0.1, -0.05) is 30.3 Å². The molecule has 0 aliphatic carbocycles. The number of methoxy groups -OCH3 is 1. The lowest BCUT2D eigenvalue weighted by Gasteiger charge is -2.08. The molecular weight excluding hydrogens is 342 g/mol. The fraction of sp³-hybridized carbons (Fsp3) is 0.238. The molecule has 0 atom stereocenters. The lowest BCUT2D eigenvalue weighted by atomic mass is 10.1. The van der Waals surface area contributed by atoms with E-state index < -0.39 is 0 Å². The van der Waals surface area contributed by atoms with E-state index in [0.29, 0.717) is 11.4 Å². The Morgan fingerprint density at radius 1 is 1.11 bits per heavy atom. The van der Waals surface area contributed by atoms with Crippen molar-refractivity contribution >= 4 is 11.6 Å². The Hall–Kier alpha value is -3.28. The second-order valence-corrected chi connectivity index (χ2v) is 6.47. The van der Waals surface area contributed by atoms with E-state index in [1.807, 2.05) is 62.4 Å². The highest BCUT2D eigenvalue weighted by Gasteiger charge is 2.18. The SMILES string of the molecule is COc1cc(CC(=O)Nc2c(C)n(C)n(-c3ccccc3)c2=O)ccc1C. The summed E-state index contributed by atoms with van der Waals surface area (Å²) in [6, 6.07) is 15.0. The second kappa shape index (κ2) is 7.53. The number of nitrogens with zero attached hydrogens (tertiary/aromatic N) is 2. The first kappa shape index (κ1) is 18.5. The predicted octanol–water partition coefficient (Wildman–Crippen LogP) is 2.98. The topological polar surface area (TPSA) is 65.3 Å². The number of amides is 1. The van der Waals surface area contributed by atoms with Crippen molar-refractivity contribution in [3.63, 3.8) is 0 Å². The van der Waals surface area contributed by atoms with E-state index in [-0.39, 0.29) is 17.9 Å². The third-order valence-corrected chi connectivity index (χ3v) is 4.66. The molecule has 0 saturated carbocycles. The van der Waals surface area contributed by atoms with E-state index in [1.54, 1.807) is 23.5 Å². The van der Waals surface area contributed by atoms with Gasteiger partial charge in [-0.05, 0) is 43.2 Å². The van der Waals surface area contributed by atoms with Gasteiger partial charge in [0.25, 0.3) is 5.56 Å². The number of rotatable bonds is 5. The fourth-order valence-corrected chi connectivity index (χ4v) is 3.06. The molecule has 6 nitrogen and oxygen atoms in total. The van der Waals surface area contributed by atoms with Crippen LogP contribution in [0.2, 0.25) is 0 Å². The number of carbonyl (C=O) groups excluding carboxylic acids is 1. The van der Waals surface area contributed by atoms with Gasteiger partial charge in [-0.2, -0.15) is 0 Å². The molecule has 0 aliphatic heterocycles. The van der Waals surface area contributed by atoms with Crippen LogP contribution in [0.3, 0.4) is 0 Å². The summed E-state index contributed by atoms with van der Waals surface area (Å²) in [6.07, 6.45) is 0.162. The number of hydrogen-bond donors (Lipinski definition) is 1. The van der Waals surface area contributed by atoms with Gasteiger partial charge in [0, 0.05) is 7.05 Å². The molecule has 3 aromatic rings. The van der Waals surface area contributed by atoms with Crippen LogP contribution in [0.4, 0.5) is 5.69 Å². The molecule has 3 rings (SSSR count). The molecule has 6 heteroatoms. The van der Waals surface area contributed by atoms with Crippen molar-refractivity contribution in [2.75, 3.05) is 12.4 Å². The average Bonchev–Trinajstić information content (AvgIpc) is 2.87. The number of ether oxygens (including phenoxy) is 1. The molecule has 0 radical (unpaired) electrons. The van der Waals surface area contributed by atoms with Crippen LogP contribution in [-0.4, -0.2) is 22.4 Å². The number of hydrogen-bond acceptors (Lipinski definition) is 3. The quantitative estimate of drug-likeness (QED) is 0.756. The minimum absolute atomic E-state index is 0.162. The molecule has 0 unspecified atom stereocenters. The molecule has 0 aliphatic rings. The number of carbonyl (C=O) groups is 1. The fourth-order valence-electron chi connectivity index (χ4n) is 3.06. The summed E-state index contributed by atoms with van der Waals surface area (Å²) in [5.74, 6) is 0.495. The van der Waals surface area contributed by atoms with Crippen molar-refractivity contribution in [1.29, 1.82) is 0 Å². The normalized spacial score (nSPS) is 10.7. The summed E-state index contributed by atoms with van der Waals surface area (Å²) >= 11 is 0. The first-order valence-electron chi connectivity index (χ1n) is 8.69. The molecular formula is C21H23N3O3. The Balaban J connectivity index is 1.86. The second-order valence-electron chi connectivity index (χ2n) is 6.47. The van der Waals surface area contributed by atoms with Crippen LogP contribution in [0.15, 0.2) is 53.3 Å². The number of aromatic nitrogens is 2. The van der Waals surface area contributed by atoms with Gasteiger partial charge >= 0.3 is 0 Å². The highest BCUT2D eigenvalue weighted by Crippen LogP contribution is 2.20. The van der Waals surface area contributed by atoms with Gasteiger partial charge < -0.3 is 10.1 Å². The molecule has 2 aromatic carbocycles. The molecule has 0 spiro atoms. The monoisotopic (exact) mass is 365 g/mol. The van der Waals surface area contributed by atoms with Gasteiger partial charge in [-0.3, -0.25) is 14.3 Å². The molecule has 1 amide bonds. The molecule has 0 fully saturated rings. The average molecular weight is 365 g/mol. The van der Waals surface area contributed by atoms with E-state index in [4.69, 9.17) is 4.74 Å². The maximum absolute atomic E-state index is 12.9. The molecule has 0 saturated heterocycles. The van der Waals surface area contributed by atoms with Crippen LogP contribution in [0.5, 0.6) is 5.75 Å². The van der Waals surface area contributed by atoms with Crippen molar-refractivity contribution in [3.05, 3.63) is 75.7 Å². The van der Waals surface area contributed by atoms with Crippen LogP contribution in [-0.2, 0) is 18.3 Å². The largest absolute Gasteiger partial charge is 0.496 e. The van der Waals surface area contributed by atoms with E-state index in [1.165, 1.54) is 0 Å². The summed E-state index contributed by atoms with van der Waals surface area (Å²) in [4.78, 5) is 25.4. The van der Waals surface area contributed by atoms with Gasteiger partial charge in [0.2, 0.25) is 5.91 Å². The maximum atomic E-state index is 12.9. The molecule has 140 valence electrons. The Bertz CT molecular complexity index is 1030. The molecule has 27 heavy (non-hydrogen) atoms. The minimum atomic E-state index is -0.254. The number of anilines is 1. The first-order chi connectivity index (χ1) is 12.9. The Morgan fingerprint density at radius 2 is 1.81 bits per heavy atom. The number of benzene rings is 2. The minimum Gasteiger partial charge on any atom is -0.496 e. The zero-order valence-corrected chi connectivity index (χ0v) is 15.9. The van der Waals surface area contributed by atoms with Crippen LogP contribution in [0, 0.1) is 13.8 Å². The van der Waals surface area contributed by atoms with Crippen molar-refractivity contribution < 1.29 is 9.53 Å². The standard InChI is InChI=1S/C21H23N3O3/c1-14-10-11-16(12-18(14)27-4)13-19(25)22-20-15(2)23(3)24(21(20)26)17-8-6-5-7-9-17/h5-12H,13H2,1-4H3,(H,22,25). The Labute approximate surface area is 158 Å². The van der Waals surface area contributed by atoms with Crippen LogP contribution >= 0.6 is 0 Å². The van der Waals surface area contributed by atoms with E-state index in [0.717, 1.165) is 22.6 Å². The van der Waals surface area contributed by atoms with E-state index in [2.05, 4.69) is 5.32 Å². The number of aryl methyl sites for hydroxylation is 1. The molecule has 1 aromatic heterocycles. The summed E-state index contributed by atoms with van der Waals surface area (Å²) in [6.45, 7) is 3.76. The third-order valence-electron chi connectivity index (χ3n) is 4.66. The van der Waals surface area contributed by atoms with Crippen LogP contribution in [0.1, 0.15) is 16.8 Å². The highest BCUT2D eigenvalue weighted by atomic mass is 16.5. The summed E-state index contributed by atoms with van der Waals surface area (Å²) < 4.78 is 8.58. The van der Waals surface area contributed by atoms with Gasteiger partial charge in [0.05, 0.1) is 24.9 Å². The van der Waals surface area contributed by atoms with Crippen LogP contribution < -0.4 is 15.6 Å². The predicted molar refractivity (Wildman–Crippen MR) is 106 cm³/mol. The van der Waals surface area contributed by atoms with Crippen molar-refractivity contribution in [2.45, 2.75) is 20.3 Å². The van der Waals surface area contributed by atoms with Crippen molar-refractivity contribution in [2.24, 2.45) is 7.05 Å². The zero-order chi connectivity index (χ0) is 19.6. The zero-order valence-electron chi connectivity index (χ0n) is 15.9. The Kier molecular flexibility index (Phi) is 5.16. The summed E-state index contributed by atoms with van der Waals surface area (Å²) in [5.41, 5.74) is 3.32. The van der Waals surface area contributed by atoms with Gasteiger partial charge in [0.15, 0.2) is 0 Å². The van der Waals surface area contributed by atoms with Gasteiger partial charge in [-0.25, -0.2) is 4.68 Å². The summed E-state index contributed by atoms with van der Waals surface area (Å²) in [7, 11) is 3.40. The number of para-hydroxylation sites is 1.